The van der Waals surface area contributed by atoms with Gasteiger partial charge in [0.2, 0.25) is 0 Å². The Kier molecular flexibility index (Phi) is 4.15. The van der Waals surface area contributed by atoms with Crippen molar-refractivity contribution < 1.29 is 9.90 Å². The van der Waals surface area contributed by atoms with E-state index in [2.05, 4.69) is 22.9 Å². The van der Waals surface area contributed by atoms with Crippen LogP contribution in [0.4, 0.5) is 5.69 Å². The maximum Gasteiger partial charge on any atom is 0.312 e. The minimum absolute atomic E-state index is 0.370. The Morgan fingerprint density at radius 3 is 2.90 bits per heavy atom. The van der Waals surface area contributed by atoms with Crippen molar-refractivity contribution in [2.24, 2.45) is 0 Å². The molecule has 2 heterocycles. The number of rotatable bonds is 4. The first-order chi connectivity index (χ1) is 10.2. The largest absolute Gasteiger partial charge is 0.481 e. The van der Waals surface area contributed by atoms with Gasteiger partial charge in [-0.15, -0.1) is 0 Å². The van der Waals surface area contributed by atoms with Gasteiger partial charge in [0.25, 0.3) is 0 Å². The fourth-order valence-electron chi connectivity index (χ4n) is 3.72. The van der Waals surface area contributed by atoms with Gasteiger partial charge < -0.3 is 14.9 Å². The second-order valence-electron chi connectivity index (χ2n) is 6.31. The number of benzene rings is 1. The van der Waals surface area contributed by atoms with E-state index >= 15 is 0 Å². The average molecular weight is 288 g/mol. The van der Waals surface area contributed by atoms with Crippen LogP contribution in [0.2, 0.25) is 0 Å². The number of hydrogen-bond donors (Lipinski definition) is 1. The maximum atomic E-state index is 11.4. The smallest absolute Gasteiger partial charge is 0.312 e. The van der Waals surface area contributed by atoms with Gasteiger partial charge in [0.15, 0.2) is 0 Å². The number of hydrogen-bond acceptors (Lipinski definition) is 3. The molecule has 0 aliphatic carbocycles. The van der Waals surface area contributed by atoms with Gasteiger partial charge in [-0.25, -0.2) is 0 Å². The van der Waals surface area contributed by atoms with Crippen molar-refractivity contribution in [1.29, 1.82) is 0 Å². The topological polar surface area (TPSA) is 43.8 Å². The lowest BCUT2D eigenvalue weighted by Crippen LogP contribution is -2.39. The Balaban J connectivity index is 1.68. The van der Waals surface area contributed by atoms with Crippen LogP contribution in [0.5, 0.6) is 0 Å². The van der Waals surface area contributed by atoms with E-state index < -0.39 is 5.97 Å². The summed E-state index contributed by atoms with van der Waals surface area (Å²) in [6.45, 7) is 2.76. The fourth-order valence-corrected chi connectivity index (χ4v) is 3.72. The van der Waals surface area contributed by atoms with E-state index in [4.69, 9.17) is 0 Å². The summed E-state index contributed by atoms with van der Waals surface area (Å²) in [5, 5.41) is 9.40. The molecule has 2 unspecified atom stereocenters. The summed E-state index contributed by atoms with van der Waals surface area (Å²) in [5.74, 6) is -1.08. The van der Waals surface area contributed by atoms with Gasteiger partial charge in [-0.1, -0.05) is 24.6 Å². The van der Waals surface area contributed by atoms with E-state index in [1.54, 1.807) is 0 Å². The van der Waals surface area contributed by atoms with Gasteiger partial charge in [-0.3, -0.25) is 4.79 Å². The summed E-state index contributed by atoms with van der Waals surface area (Å²) < 4.78 is 0. The second kappa shape index (κ2) is 6.06. The Morgan fingerprint density at radius 2 is 2.14 bits per heavy atom. The molecule has 0 saturated carbocycles. The van der Waals surface area contributed by atoms with Crippen molar-refractivity contribution in [1.82, 2.24) is 4.90 Å². The van der Waals surface area contributed by atoms with Crippen molar-refractivity contribution in [3.05, 3.63) is 29.8 Å². The molecule has 21 heavy (non-hydrogen) atoms. The highest BCUT2D eigenvalue weighted by Gasteiger charge is 2.33. The van der Waals surface area contributed by atoms with Crippen molar-refractivity contribution in [3.8, 4) is 0 Å². The van der Waals surface area contributed by atoms with Crippen LogP contribution >= 0.6 is 0 Å². The Morgan fingerprint density at radius 1 is 1.33 bits per heavy atom. The normalized spacial score (nSPS) is 25.9. The summed E-state index contributed by atoms with van der Waals surface area (Å²) in [6, 6.07) is 8.61. The monoisotopic (exact) mass is 288 g/mol. The molecule has 4 heteroatoms. The lowest BCUT2D eigenvalue weighted by molar-refractivity contribution is -0.138. The molecule has 1 N–H and O–H groups in total. The highest BCUT2D eigenvalue weighted by molar-refractivity contribution is 5.82. The number of piperidine rings is 1. The van der Waals surface area contributed by atoms with E-state index in [-0.39, 0.29) is 5.92 Å². The first kappa shape index (κ1) is 14.4. The SMILES string of the molecule is CN1CCCCC1CCN1CC(C(=O)O)c2ccccc21. The fraction of sp³-hybridized carbons (Fsp3) is 0.588. The lowest BCUT2D eigenvalue weighted by atomic mass is 10.00. The molecule has 1 aromatic carbocycles. The molecule has 2 aliphatic heterocycles. The van der Waals surface area contributed by atoms with Crippen LogP contribution in [0.15, 0.2) is 24.3 Å². The van der Waals surface area contributed by atoms with E-state index in [1.165, 1.54) is 25.8 Å². The van der Waals surface area contributed by atoms with Gasteiger partial charge in [0.1, 0.15) is 5.92 Å². The molecule has 0 spiro atoms. The zero-order chi connectivity index (χ0) is 14.8. The molecule has 2 aliphatic rings. The Labute approximate surface area is 126 Å². The second-order valence-corrected chi connectivity index (χ2v) is 6.31. The zero-order valence-electron chi connectivity index (χ0n) is 12.7. The molecule has 114 valence electrons. The number of carboxylic acids is 1. The summed E-state index contributed by atoms with van der Waals surface area (Å²) in [7, 11) is 2.21. The molecule has 1 saturated heterocycles. The summed E-state index contributed by atoms with van der Waals surface area (Å²) in [5.41, 5.74) is 2.09. The quantitative estimate of drug-likeness (QED) is 0.924. The van der Waals surface area contributed by atoms with Crippen LogP contribution in [0.1, 0.15) is 37.2 Å². The predicted molar refractivity (Wildman–Crippen MR) is 83.9 cm³/mol. The molecule has 0 radical (unpaired) electrons. The Bertz CT molecular complexity index is 517. The molecule has 1 aromatic rings. The molecule has 1 fully saturated rings. The molecular weight excluding hydrogens is 264 g/mol. The third-order valence-corrected chi connectivity index (χ3v) is 5.01. The summed E-state index contributed by atoms with van der Waals surface area (Å²) >= 11 is 0. The van der Waals surface area contributed by atoms with Crippen LogP contribution in [-0.4, -0.2) is 48.7 Å². The van der Waals surface area contributed by atoms with Crippen molar-refractivity contribution in [2.75, 3.05) is 31.6 Å². The van der Waals surface area contributed by atoms with Gasteiger partial charge in [-0.2, -0.15) is 0 Å². The summed E-state index contributed by atoms with van der Waals surface area (Å²) in [6.07, 6.45) is 5.02. The van der Waals surface area contributed by atoms with E-state index in [1.807, 2.05) is 18.2 Å². The van der Waals surface area contributed by atoms with E-state index in [0.717, 1.165) is 24.2 Å². The van der Waals surface area contributed by atoms with Gasteiger partial charge >= 0.3 is 5.97 Å². The third-order valence-electron chi connectivity index (χ3n) is 5.01. The predicted octanol–water partition coefficient (Wildman–Crippen LogP) is 2.55. The van der Waals surface area contributed by atoms with Gasteiger partial charge in [-0.05, 0) is 44.5 Å². The van der Waals surface area contributed by atoms with Crippen molar-refractivity contribution >= 4 is 11.7 Å². The highest BCUT2D eigenvalue weighted by atomic mass is 16.4. The number of para-hydroxylation sites is 1. The Hall–Kier alpha value is -1.55. The average Bonchev–Trinajstić information content (AvgIpc) is 2.86. The minimum atomic E-state index is -0.709. The number of anilines is 1. The number of likely N-dealkylation sites (tertiary alicyclic amines) is 1. The number of aliphatic carboxylic acids is 1. The van der Waals surface area contributed by atoms with Crippen LogP contribution in [0.25, 0.3) is 0 Å². The number of fused-ring (bicyclic) bond motifs is 1. The number of nitrogens with zero attached hydrogens (tertiary/aromatic N) is 2. The van der Waals surface area contributed by atoms with Crippen molar-refractivity contribution in [3.63, 3.8) is 0 Å². The van der Waals surface area contributed by atoms with Crippen LogP contribution in [-0.2, 0) is 4.79 Å². The lowest BCUT2D eigenvalue weighted by Gasteiger charge is -2.34. The molecule has 0 amide bonds. The van der Waals surface area contributed by atoms with Crippen molar-refractivity contribution in [2.45, 2.75) is 37.6 Å². The first-order valence-electron chi connectivity index (χ1n) is 7.93. The molecule has 3 rings (SSSR count). The van der Waals surface area contributed by atoms with Crippen LogP contribution in [0, 0.1) is 0 Å². The third kappa shape index (κ3) is 2.91. The molecular formula is C17H24N2O2. The number of carboxylic acid groups (broad SMARTS) is 1. The van der Waals surface area contributed by atoms with Crippen LogP contribution < -0.4 is 4.90 Å². The maximum absolute atomic E-state index is 11.4. The number of carbonyl (C=O) groups is 1. The molecule has 4 nitrogen and oxygen atoms in total. The van der Waals surface area contributed by atoms with Crippen LogP contribution in [0.3, 0.4) is 0 Å². The molecule has 0 bridgehead atoms. The minimum Gasteiger partial charge on any atom is -0.481 e. The van der Waals surface area contributed by atoms with Gasteiger partial charge in [0, 0.05) is 24.8 Å². The molecule has 0 aromatic heterocycles. The van der Waals surface area contributed by atoms with E-state index in [9.17, 15) is 9.90 Å². The van der Waals surface area contributed by atoms with Gasteiger partial charge in [0.05, 0.1) is 0 Å². The zero-order valence-corrected chi connectivity index (χ0v) is 12.7. The summed E-state index contributed by atoms with van der Waals surface area (Å²) in [4.78, 5) is 16.2. The van der Waals surface area contributed by atoms with E-state index in [0.29, 0.717) is 12.6 Å². The standard InChI is InChI=1S/C17H24N2O2/c1-18-10-5-4-6-13(18)9-11-19-12-15(17(20)21)14-7-2-3-8-16(14)19/h2-3,7-8,13,15H,4-6,9-12H2,1H3,(H,20,21). The first-order valence-corrected chi connectivity index (χ1v) is 7.93. The molecule has 2 atom stereocenters. The highest BCUT2D eigenvalue weighted by Crippen LogP contribution is 2.36.